The highest BCUT2D eigenvalue weighted by Crippen LogP contribution is 2.59. The van der Waals surface area contributed by atoms with E-state index in [1.54, 1.807) is 28.4 Å². The maximum atomic E-state index is 12.1. The van der Waals surface area contributed by atoms with Crippen molar-refractivity contribution in [3.05, 3.63) is 113 Å². The van der Waals surface area contributed by atoms with Crippen LogP contribution in [-0.4, -0.2) is 33.5 Å². The topological polar surface area (TPSA) is 120 Å². The van der Waals surface area contributed by atoms with Crippen molar-refractivity contribution in [3.63, 3.8) is 0 Å². The molecule has 2 heterocycles. The minimum Gasteiger partial charge on any atom is -0.507 e. The van der Waals surface area contributed by atoms with Gasteiger partial charge in [-0.3, -0.25) is 0 Å². The zero-order valence-electron chi connectivity index (χ0n) is 43.6. The number of phenols is 1. The number of fused-ring (bicyclic) bond motifs is 5. The lowest BCUT2D eigenvalue weighted by Crippen LogP contribution is -2.16. The van der Waals surface area contributed by atoms with E-state index in [1.807, 2.05) is 84.9 Å². The molecule has 1 aliphatic heterocycles. The van der Waals surface area contributed by atoms with Crippen LogP contribution in [0.3, 0.4) is 0 Å². The number of aromatic hydroxyl groups is 1. The van der Waals surface area contributed by atoms with Gasteiger partial charge in [0.05, 0.1) is 39.2 Å². The second-order valence-corrected chi connectivity index (χ2v) is 24.1. The van der Waals surface area contributed by atoms with Gasteiger partial charge in [-0.1, -0.05) is 107 Å². The minimum absolute atomic E-state index is 0.107. The molecule has 11 nitrogen and oxygen atoms in total. The highest BCUT2D eigenvalue weighted by atomic mass is 31.2. The quantitative estimate of drug-likeness (QED) is 0.110. The summed E-state index contributed by atoms with van der Waals surface area (Å²) in [5.74, 6) is 4.73. The van der Waals surface area contributed by atoms with Crippen LogP contribution in [0.2, 0.25) is 0 Å². The largest absolute Gasteiger partial charge is 0.530 e. The Kier molecular flexibility index (Phi) is 12.6. The molecule has 8 aromatic rings. The minimum atomic E-state index is -2.21. The van der Waals surface area contributed by atoms with Gasteiger partial charge in [0, 0.05) is 44.2 Å². The Morgan fingerprint density at radius 1 is 0.465 bits per heavy atom. The molecule has 1 aromatic heterocycles. The third-order valence-corrected chi connectivity index (χ3v) is 14.9. The van der Waals surface area contributed by atoms with Gasteiger partial charge in [0.2, 0.25) is 0 Å². The van der Waals surface area contributed by atoms with Crippen molar-refractivity contribution in [2.24, 2.45) is 0 Å². The number of phenolic OH excluding ortho intramolecular Hbond substituents is 1. The van der Waals surface area contributed by atoms with Gasteiger partial charge in [0.1, 0.15) is 57.2 Å². The summed E-state index contributed by atoms with van der Waals surface area (Å²) >= 11 is 0. The first-order chi connectivity index (χ1) is 33.4. The summed E-state index contributed by atoms with van der Waals surface area (Å²) in [4.78, 5) is 0. The zero-order valence-corrected chi connectivity index (χ0v) is 45.4. The van der Waals surface area contributed by atoms with Crippen molar-refractivity contribution in [1.82, 2.24) is 0 Å². The second-order valence-electron chi connectivity index (χ2n) is 22.1. The van der Waals surface area contributed by atoms with Crippen LogP contribution in [0.25, 0.3) is 54.6 Å². The van der Waals surface area contributed by atoms with E-state index in [0.29, 0.717) is 79.2 Å². The zero-order chi connectivity index (χ0) is 51.1. The summed E-state index contributed by atoms with van der Waals surface area (Å²) in [5, 5.41) is 17.0. The van der Waals surface area contributed by atoms with Crippen molar-refractivity contribution in [1.29, 1.82) is 0 Å². The average Bonchev–Trinajstić information content (AvgIpc) is 3.45. The van der Waals surface area contributed by atoms with Gasteiger partial charge in [-0.25, -0.2) is 0 Å². The molecule has 0 amide bonds. The molecule has 9 rings (SSSR count). The monoisotopic (exact) mass is 998 g/mol. The first-order valence-electron chi connectivity index (χ1n) is 23.7. The van der Waals surface area contributed by atoms with E-state index in [-0.39, 0.29) is 16.6 Å². The van der Waals surface area contributed by atoms with Crippen molar-refractivity contribution in [2.75, 3.05) is 28.4 Å². The van der Waals surface area contributed by atoms with E-state index >= 15 is 0 Å². The fourth-order valence-corrected chi connectivity index (χ4v) is 11.4. The fourth-order valence-electron chi connectivity index (χ4n) is 9.16. The molecule has 1 aliphatic rings. The third kappa shape index (κ3) is 9.24. The van der Waals surface area contributed by atoms with E-state index in [2.05, 4.69) is 89.2 Å². The molecule has 7 aromatic carbocycles. The molecule has 0 saturated heterocycles. The molecule has 13 heteroatoms. The first-order valence-corrected chi connectivity index (χ1v) is 25.9. The smallest absolute Gasteiger partial charge is 0.507 e. The summed E-state index contributed by atoms with van der Waals surface area (Å²) in [6.45, 7) is 25.3. The summed E-state index contributed by atoms with van der Waals surface area (Å²) in [6.07, 6.45) is 0. The lowest BCUT2D eigenvalue weighted by atomic mass is 9.81. The Balaban J connectivity index is 1.26. The fraction of sp³-hybridized carbons (Fsp3) is 0.345. The normalized spacial score (nSPS) is 14.1. The van der Waals surface area contributed by atoms with Gasteiger partial charge in [0.25, 0.3) is 0 Å². The molecule has 71 heavy (non-hydrogen) atoms. The molecular weight excluding hydrogens is 935 g/mol. The van der Waals surface area contributed by atoms with Crippen LogP contribution < -0.4 is 37.0 Å². The van der Waals surface area contributed by atoms with E-state index in [0.717, 1.165) is 43.6 Å². The molecule has 1 atom stereocenters. The molecule has 372 valence electrons. The number of rotatable bonds is 9. The van der Waals surface area contributed by atoms with E-state index in [9.17, 15) is 5.11 Å². The standard InChI is InChI=1S/C58H64O11P2/c1-55(2,3)42-28-34(60-13)24-38(50(42)59)39-25-35(61-14)29-43(56(4,5)6)51(39)66-71-65-47-22-18-20-33-23-32-19-17-21-46(48(32)54(69-71)49(33)47)64-70-67-52-40(26-36(62-15)30-44(52)57(7,8)9)41-27-37(63-16)31-45(53(41)68-70)58(10,11)12/h17-31,59H,1-16H3. The highest BCUT2D eigenvalue weighted by molar-refractivity contribution is 7.43. The predicted octanol–water partition coefficient (Wildman–Crippen LogP) is 17.1. The first kappa shape index (κ1) is 49.6. The Hall–Kier alpha value is -6.41. The Bertz CT molecular complexity index is 3350. The summed E-state index contributed by atoms with van der Waals surface area (Å²) in [5.41, 5.74) is 4.13. The number of hydrogen-bond acceptors (Lipinski definition) is 11. The number of ether oxygens (including phenoxy) is 4. The predicted molar refractivity (Wildman–Crippen MR) is 287 cm³/mol. The molecule has 0 fully saturated rings. The SMILES string of the molecule is COc1cc(-c2cc(OC)cc(C(C)(C)C)c2OP2Oc3cccc4cc5cccc(Op6oc7c(C(C)(C)C)cc(OC)cc7c7cc(OC)cc(C(C)(C)C)c7o6)c5c(c34)O2)c(O)c(C(C)(C)C)c1. The molecule has 0 radical (unpaired) electrons. The molecule has 0 aliphatic carbocycles. The van der Waals surface area contributed by atoms with E-state index < -0.39 is 27.7 Å². The molecule has 1 N–H and O–H groups in total. The van der Waals surface area contributed by atoms with Crippen LogP contribution in [0.1, 0.15) is 105 Å². The summed E-state index contributed by atoms with van der Waals surface area (Å²) in [7, 11) is 2.19. The van der Waals surface area contributed by atoms with Gasteiger partial charge in [-0.2, -0.15) is 0 Å². The third-order valence-electron chi connectivity index (χ3n) is 12.9. The maximum Gasteiger partial charge on any atom is 0.530 e. The number of benzene rings is 7. The van der Waals surface area contributed by atoms with Gasteiger partial charge in [-0.05, 0) is 99.2 Å². The molecule has 0 spiro atoms. The van der Waals surface area contributed by atoms with Crippen molar-refractivity contribution >= 4 is 60.3 Å². The van der Waals surface area contributed by atoms with Crippen molar-refractivity contribution in [3.8, 4) is 62.9 Å². The van der Waals surface area contributed by atoms with Crippen LogP contribution in [0.4, 0.5) is 0 Å². The van der Waals surface area contributed by atoms with Gasteiger partial charge in [0.15, 0.2) is 5.75 Å². The van der Waals surface area contributed by atoms with Crippen LogP contribution in [0, 0.1) is 0 Å². The summed E-state index contributed by atoms with van der Waals surface area (Å²) < 4.78 is 65.7. The van der Waals surface area contributed by atoms with E-state index in [1.165, 1.54) is 0 Å². The number of methoxy groups -OCH3 is 4. The Morgan fingerprint density at radius 2 is 0.930 bits per heavy atom. The van der Waals surface area contributed by atoms with Crippen molar-refractivity contribution in [2.45, 2.75) is 105 Å². The van der Waals surface area contributed by atoms with Gasteiger partial charge >= 0.3 is 16.8 Å². The second kappa shape index (κ2) is 18.0. The molecule has 1 unspecified atom stereocenters. The van der Waals surface area contributed by atoms with Crippen LogP contribution in [-0.2, 0) is 21.7 Å². The molecule has 0 saturated carbocycles. The Labute approximate surface area is 418 Å². The van der Waals surface area contributed by atoms with E-state index in [4.69, 9.17) is 45.4 Å². The van der Waals surface area contributed by atoms with Gasteiger partial charge in [-0.15, -0.1) is 0 Å². The van der Waals surface area contributed by atoms with Crippen LogP contribution >= 0.6 is 16.8 Å². The summed E-state index contributed by atoms with van der Waals surface area (Å²) in [6, 6.07) is 29.5. The lowest BCUT2D eigenvalue weighted by Gasteiger charge is -2.30. The maximum absolute atomic E-state index is 12.1. The number of hydrogen-bond donors (Lipinski definition) is 1. The van der Waals surface area contributed by atoms with Crippen LogP contribution in [0.15, 0.2) is 99.4 Å². The van der Waals surface area contributed by atoms with Crippen molar-refractivity contribution < 1.29 is 50.5 Å². The molecule has 0 bridgehead atoms. The van der Waals surface area contributed by atoms with Crippen LogP contribution in [0.5, 0.6) is 51.7 Å². The highest BCUT2D eigenvalue weighted by Gasteiger charge is 2.36. The van der Waals surface area contributed by atoms with Gasteiger partial charge < -0.3 is 50.5 Å². The average molecular weight is 999 g/mol. The Morgan fingerprint density at radius 3 is 1.45 bits per heavy atom. The lowest BCUT2D eigenvalue weighted by molar-refractivity contribution is 0.375. The molecular formula is C58H64O11P2.